The Morgan fingerprint density at radius 3 is 2.78 bits per heavy atom. The molecule has 0 N–H and O–H groups in total. The highest BCUT2D eigenvalue weighted by Crippen LogP contribution is 2.11. The van der Waals surface area contributed by atoms with Gasteiger partial charge in [-0.1, -0.05) is 0 Å². The lowest BCUT2D eigenvalue weighted by Gasteiger charge is -2.10. The SMILES string of the molecule is CCOC(=O)c1c(C)ccn1CCOCCOC. The molecule has 1 rings (SSSR count). The summed E-state index contributed by atoms with van der Waals surface area (Å²) in [5.74, 6) is -0.281. The molecule has 0 aliphatic carbocycles. The minimum absolute atomic E-state index is 0.281. The molecule has 1 aromatic rings. The third-order valence-electron chi connectivity index (χ3n) is 2.54. The number of rotatable bonds is 8. The predicted octanol–water partition coefficient (Wildman–Crippen LogP) is 1.64. The third kappa shape index (κ3) is 4.16. The lowest BCUT2D eigenvalue weighted by molar-refractivity contribution is 0.0499. The zero-order valence-electron chi connectivity index (χ0n) is 11.3. The average Bonchev–Trinajstić information content (AvgIpc) is 2.71. The van der Waals surface area contributed by atoms with Gasteiger partial charge < -0.3 is 18.8 Å². The summed E-state index contributed by atoms with van der Waals surface area (Å²) < 4.78 is 17.2. The number of hydrogen-bond acceptors (Lipinski definition) is 4. The highest BCUT2D eigenvalue weighted by Gasteiger charge is 2.15. The molecule has 0 amide bonds. The standard InChI is InChI=1S/C13H21NO4/c1-4-18-13(15)12-11(2)5-6-14(12)7-8-17-10-9-16-3/h5-6H,4,7-10H2,1-3H3. The van der Waals surface area contributed by atoms with Crippen molar-refractivity contribution in [2.45, 2.75) is 20.4 Å². The predicted molar refractivity (Wildman–Crippen MR) is 67.8 cm³/mol. The van der Waals surface area contributed by atoms with Crippen LogP contribution in [0.25, 0.3) is 0 Å². The highest BCUT2D eigenvalue weighted by atomic mass is 16.5. The smallest absolute Gasteiger partial charge is 0.355 e. The van der Waals surface area contributed by atoms with Crippen molar-refractivity contribution in [3.8, 4) is 0 Å². The van der Waals surface area contributed by atoms with Crippen molar-refractivity contribution in [1.29, 1.82) is 0 Å². The van der Waals surface area contributed by atoms with Gasteiger partial charge in [0.15, 0.2) is 0 Å². The maximum Gasteiger partial charge on any atom is 0.355 e. The molecule has 1 aromatic heterocycles. The normalized spacial score (nSPS) is 10.6. The van der Waals surface area contributed by atoms with Gasteiger partial charge in [-0.2, -0.15) is 0 Å². The average molecular weight is 255 g/mol. The molecule has 102 valence electrons. The number of hydrogen-bond donors (Lipinski definition) is 0. The Labute approximate surface area is 108 Å². The van der Waals surface area contributed by atoms with Gasteiger partial charge in [0.25, 0.3) is 0 Å². The van der Waals surface area contributed by atoms with Crippen molar-refractivity contribution in [2.75, 3.05) is 33.5 Å². The number of carbonyl (C=O) groups is 1. The fourth-order valence-corrected chi connectivity index (χ4v) is 1.65. The van der Waals surface area contributed by atoms with Crippen LogP contribution in [0.1, 0.15) is 23.0 Å². The van der Waals surface area contributed by atoms with Gasteiger partial charge in [-0.05, 0) is 25.5 Å². The van der Waals surface area contributed by atoms with E-state index in [1.165, 1.54) is 0 Å². The first-order valence-corrected chi connectivity index (χ1v) is 6.10. The van der Waals surface area contributed by atoms with Gasteiger partial charge in [0.2, 0.25) is 0 Å². The third-order valence-corrected chi connectivity index (χ3v) is 2.54. The van der Waals surface area contributed by atoms with Crippen LogP contribution in [0.4, 0.5) is 0 Å². The molecule has 5 nitrogen and oxygen atoms in total. The summed E-state index contributed by atoms with van der Waals surface area (Å²) in [6.07, 6.45) is 1.88. The first-order chi connectivity index (χ1) is 8.70. The number of carbonyl (C=O) groups excluding carboxylic acids is 1. The second-order valence-electron chi connectivity index (χ2n) is 3.87. The number of esters is 1. The van der Waals surface area contributed by atoms with Gasteiger partial charge in [-0.15, -0.1) is 0 Å². The summed E-state index contributed by atoms with van der Waals surface area (Å²) in [7, 11) is 1.64. The molecule has 0 unspecified atom stereocenters. The molecule has 0 aromatic carbocycles. The van der Waals surface area contributed by atoms with Crippen LogP contribution in [0, 0.1) is 6.92 Å². The fraction of sp³-hybridized carbons (Fsp3) is 0.615. The van der Waals surface area contributed by atoms with Crippen LogP contribution in [-0.4, -0.2) is 44.1 Å². The maximum atomic E-state index is 11.8. The minimum Gasteiger partial charge on any atom is -0.461 e. The van der Waals surface area contributed by atoms with Gasteiger partial charge >= 0.3 is 5.97 Å². The van der Waals surface area contributed by atoms with Crippen LogP contribution in [0.3, 0.4) is 0 Å². The van der Waals surface area contributed by atoms with E-state index < -0.39 is 0 Å². The van der Waals surface area contributed by atoms with Crippen molar-refractivity contribution < 1.29 is 19.0 Å². The molecule has 0 aliphatic heterocycles. The monoisotopic (exact) mass is 255 g/mol. The zero-order chi connectivity index (χ0) is 13.4. The van der Waals surface area contributed by atoms with Crippen molar-refractivity contribution >= 4 is 5.97 Å². The second kappa shape index (κ2) is 7.89. The van der Waals surface area contributed by atoms with Gasteiger partial charge in [-0.3, -0.25) is 0 Å². The quantitative estimate of drug-likeness (QED) is 0.523. The lowest BCUT2D eigenvalue weighted by atomic mass is 10.3. The first-order valence-electron chi connectivity index (χ1n) is 6.10. The molecule has 0 atom stereocenters. The topological polar surface area (TPSA) is 49.7 Å². The molecular weight excluding hydrogens is 234 g/mol. The van der Waals surface area contributed by atoms with E-state index in [2.05, 4.69) is 0 Å². The van der Waals surface area contributed by atoms with Crippen molar-refractivity contribution in [3.63, 3.8) is 0 Å². The van der Waals surface area contributed by atoms with E-state index in [0.29, 0.717) is 38.7 Å². The largest absolute Gasteiger partial charge is 0.461 e. The number of nitrogens with zero attached hydrogens (tertiary/aromatic N) is 1. The molecule has 0 aliphatic rings. The number of aryl methyl sites for hydroxylation is 1. The molecular formula is C13H21NO4. The maximum absolute atomic E-state index is 11.8. The molecule has 0 bridgehead atoms. The second-order valence-corrected chi connectivity index (χ2v) is 3.87. The molecule has 0 spiro atoms. The zero-order valence-corrected chi connectivity index (χ0v) is 11.3. The number of ether oxygens (including phenoxy) is 3. The van der Waals surface area contributed by atoms with E-state index in [-0.39, 0.29) is 5.97 Å². The molecule has 0 saturated carbocycles. The van der Waals surface area contributed by atoms with E-state index in [1.807, 2.05) is 23.8 Å². The Hall–Kier alpha value is -1.33. The van der Waals surface area contributed by atoms with Gasteiger partial charge in [-0.25, -0.2) is 4.79 Å². The van der Waals surface area contributed by atoms with E-state index in [9.17, 15) is 4.79 Å². The fourth-order valence-electron chi connectivity index (χ4n) is 1.65. The minimum atomic E-state index is -0.281. The van der Waals surface area contributed by atoms with Gasteiger partial charge in [0, 0.05) is 19.9 Å². The van der Waals surface area contributed by atoms with E-state index in [4.69, 9.17) is 14.2 Å². The molecule has 5 heteroatoms. The van der Waals surface area contributed by atoms with Crippen LogP contribution >= 0.6 is 0 Å². The lowest BCUT2D eigenvalue weighted by Crippen LogP contribution is -2.16. The summed E-state index contributed by atoms with van der Waals surface area (Å²) >= 11 is 0. The Kier molecular flexibility index (Phi) is 6.46. The summed E-state index contributed by atoms with van der Waals surface area (Å²) in [6, 6.07) is 1.90. The van der Waals surface area contributed by atoms with Crippen molar-refractivity contribution in [2.24, 2.45) is 0 Å². The first kappa shape index (κ1) is 14.7. The van der Waals surface area contributed by atoms with Crippen LogP contribution in [-0.2, 0) is 20.8 Å². The Balaban J connectivity index is 2.52. The highest BCUT2D eigenvalue weighted by molar-refractivity contribution is 5.89. The molecule has 1 heterocycles. The van der Waals surface area contributed by atoms with Crippen LogP contribution in [0.2, 0.25) is 0 Å². The Morgan fingerprint density at radius 2 is 2.11 bits per heavy atom. The summed E-state index contributed by atoms with van der Waals surface area (Å²) in [5.41, 5.74) is 1.53. The molecule has 0 fully saturated rings. The molecule has 18 heavy (non-hydrogen) atoms. The number of methoxy groups -OCH3 is 1. The Bertz CT molecular complexity index is 373. The van der Waals surface area contributed by atoms with Crippen LogP contribution < -0.4 is 0 Å². The summed E-state index contributed by atoms with van der Waals surface area (Å²) in [5, 5.41) is 0. The molecule has 0 radical (unpaired) electrons. The van der Waals surface area contributed by atoms with E-state index in [0.717, 1.165) is 5.56 Å². The van der Waals surface area contributed by atoms with E-state index >= 15 is 0 Å². The number of aromatic nitrogens is 1. The molecule has 0 saturated heterocycles. The van der Waals surface area contributed by atoms with E-state index in [1.54, 1.807) is 14.0 Å². The van der Waals surface area contributed by atoms with Crippen molar-refractivity contribution in [3.05, 3.63) is 23.5 Å². The summed E-state index contributed by atoms with van der Waals surface area (Å²) in [6.45, 7) is 6.40. The summed E-state index contributed by atoms with van der Waals surface area (Å²) in [4.78, 5) is 11.8. The van der Waals surface area contributed by atoms with Crippen molar-refractivity contribution in [1.82, 2.24) is 4.57 Å². The van der Waals surface area contributed by atoms with Gasteiger partial charge in [0.1, 0.15) is 5.69 Å². The van der Waals surface area contributed by atoms with Gasteiger partial charge in [0.05, 0.1) is 26.4 Å². The Morgan fingerprint density at radius 1 is 1.33 bits per heavy atom. The van der Waals surface area contributed by atoms with Crippen LogP contribution in [0.15, 0.2) is 12.3 Å². The van der Waals surface area contributed by atoms with Crippen LogP contribution in [0.5, 0.6) is 0 Å².